The normalized spacial score (nSPS) is 9.50. The zero-order valence-electron chi connectivity index (χ0n) is 9.17. The molecule has 1 rings (SSSR count). The number of rotatable bonds is 4. The Labute approximate surface area is 98.2 Å². The molecule has 1 aromatic carbocycles. The van der Waals surface area contributed by atoms with Crippen LogP contribution >= 0.6 is 11.6 Å². The van der Waals surface area contributed by atoms with E-state index in [-0.39, 0.29) is 0 Å². The maximum Gasteiger partial charge on any atom is 0.318 e. The molecular weight excluding hydrogens is 234 g/mol. The number of amides is 1. The maximum absolute atomic E-state index is 10.7. The maximum atomic E-state index is 10.7. The highest BCUT2D eigenvalue weighted by atomic mass is 35.5. The first-order valence-corrected chi connectivity index (χ1v) is 4.76. The smallest absolute Gasteiger partial charge is 0.318 e. The van der Waals surface area contributed by atoms with Crippen molar-refractivity contribution >= 4 is 22.7 Å². The highest BCUT2D eigenvalue weighted by Crippen LogP contribution is 2.39. The summed E-state index contributed by atoms with van der Waals surface area (Å²) in [6.07, 6.45) is 0. The molecule has 0 heterocycles. The number of hydrogen-bond acceptors (Lipinski definition) is 4. The Morgan fingerprint density at radius 1 is 1.12 bits per heavy atom. The average Bonchev–Trinajstić information content (AvgIpc) is 2.26. The largest absolute Gasteiger partial charge is 0.493 e. The molecule has 16 heavy (non-hydrogen) atoms. The van der Waals surface area contributed by atoms with Crippen LogP contribution in [0.5, 0.6) is 17.2 Å². The Balaban J connectivity index is 3.20. The van der Waals surface area contributed by atoms with Crippen LogP contribution < -0.4 is 19.5 Å². The summed E-state index contributed by atoms with van der Waals surface area (Å²) in [5.74, 6) is 1.35. The second-order valence-corrected chi connectivity index (χ2v) is 3.16. The lowest BCUT2D eigenvalue weighted by Crippen LogP contribution is -2.03. The quantitative estimate of drug-likeness (QED) is 0.654. The third-order valence-corrected chi connectivity index (χ3v) is 2.00. The van der Waals surface area contributed by atoms with Crippen molar-refractivity contribution in [3.8, 4) is 17.2 Å². The van der Waals surface area contributed by atoms with E-state index in [4.69, 9.17) is 25.8 Å². The van der Waals surface area contributed by atoms with Gasteiger partial charge >= 0.3 is 5.37 Å². The van der Waals surface area contributed by atoms with Gasteiger partial charge in [-0.1, -0.05) is 0 Å². The molecule has 0 unspecified atom stereocenters. The van der Waals surface area contributed by atoms with Crippen molar-refractivity contribution in [3.63, 3.8) is 0 Å². The van der Waals surface area contributed by atoms with Gasteiger partial charge in [0.15, 0.2) is 11.5 Å². The zero-order valence-corrected chi connectivity index (χ0v) is 9.92. The number of benzene rings is 1. The van der Waals surface area contributed by atoms with Gasteiger partial charge in [-0.15, -0.1) is 0 Å². The van der Waals surface area contributed by atoms with Crippen molar-refractivity contribution in [3.05, 3.63) is 12.1 Å². The molecule has 6 heteroatoms. The molecule has 0 aliphatic carbocycles. The van der Waals surface area contributed by atoms with Gasteiger partial charge < -0.3 is 19.5 Å². The molecule has 0 bridgehead atoms. The summed E-state index contributed by atoms with van der Waals surface area (Å²) >= 11 is 5.21. The van der Waals surface area contributed by atoms with Gasteiger partial charge in [0.05, 0.1) is 21.3 Å². The first-order valence-electron chi connectivity index (χ1n) is 4.38. The Kier molecular flexibility index (Phi) is 4.25. The van der Waals surface area contributed by atoms with Crippen LogP contribution in [0.4, 0.5) is 10.5 Å². The summed E-state index contributed by atoms with van der Waals surface area (Å²) < 4.78 is 15.3. The fraction of sp³-hybridized carbons (Fsp3) is 0.300. The zero-order chi connectivity index (χ0) is 12.1. The van der Waals surface area contributed by atoms with Crippen LogP contribution in [0.25, 0.3) is 0 Å². The van der Waals surface area contributed by atoms with Crippen LogP contribution in [0.3, 0.4) is 0 Å². The Hall–Kier alpha value is -1.62. The second kappa shape index (κ2) is 5.46. The minimum Gasteiger partial charge on any atom is -0.493 e. The fourth-order valence-corrected chi connectivity index (χ4v) is 1.38. The summed E-state index contributed by atoms with van der Waals surface area (Å²) in [5.41, 5.74) is 0.467. The predicted octanol–water partition coefficient (Wildman–Crippen LogP) is 2.48. The lowest BCUT2D eigenvalue weighted by molar-refractivity contribution is 0.269. The SMILES string of the molecule is COc1cc(NC(=O)Cl)cc(OC)c1OC. The van der Waals surface area contributed by atoms with E-state index >= 15 is 0 Å². The number of carbonyl (C=O) groups is 1. The van der Waals surface area contributed by atoms with Crippen LogP contribution in [-0.4, -0.2) is 26.7 Å². The van der Waals surface area contributed by atoms with Crippen LogP contribution in [0.1, 0.15) is 0 Å². The lowest BCUT2D eigenvalue weighted by atomic mass is 10.2. The topological polar surface area (TPSA) is 56.8 Å². The number of halogens is 1. The van der Waals surface area contributed by atoms with E-state index in [1.165, 1.54) is 21.3 Å². The molecule has 1 amide bonds. The van der Waals surface area contributed by atoms with E-state index in [9.17, 15) is 4.79 Å². The van der Waals surface area contributed by atoms with Crippen LogP contribution in [0, 0.1) is 0 Å². The number of nitrogens with one attached hydrogen (secondary N) is 1. The molecule has 0 atom stereocenters. The third-order valence-electron chi connectivity index (χ3n) is 1.91. The van der Waals surface area contributed by atoms with Crippen molar-refractivity contribution in [2.75, 3.05) is 26.6 Å². The highest BCUT2D eigenvalue weighted by molar-refractivity contribution is 6.65. The van der Waals surface area contributed by atoms with Gasteiger partial charge in [-0.2, -0.15) is 0 Å². The van der Waals surface area contributed by atoms with Gasteiger partial charge in [-0.05, 0) is 11.6 Å². The lowest BCUT2D eigenvalue weighted by Gasteiger charge is -2.13. The van der Waals surface area contributed by atoms with Crippen molar-refractivity contribution in [2.45, 2.75) is 0 Å². The first kappa shape index (κ1) is 12.4. The predicted molar refractivity (Wildman–Crippen MR) is 61.0 cm³/mol. The van der Waals surface area contributed by atoms with Gasteiger partial charge in [-0.3, -0.25) is 4.79 Å². The van der Waals surface area contributed by atoms with E-state index in [1.807, 2.05) is 0 Å². The summed E-state index contributed by atoms with van der Waals surface area (Å²) in [7, 11) is 4.48. The van der Waals surface area contributed by atoms with E-state index in [2.05, 4.69) is 5.32 Å². The van der Waals surface area contributed by atoms with Gasteiger partial charge in [0.25, 0.3) is 0 Å². The standard InChI is InChI=1S/C10H12ClNO4/c1-14-7-4-6(12-10(11)13)5-8(15-2)9(7)16-3/h4-5H,1-3H3,(H,12,13). The molecule has 88 valence electrons. The summed E-state index contributed by atoms with van der Waals surface area (Å²) in [5, 5.41) is 1.73. The molecule has 0 aliphatic heterocycles. The highest BCUT2D eigenvalue weighted by Gasteiger charge is 2.13. The van der Waals surface area contributed by atoms with Crippen molar-refractivity contribution in [1.82, 2.24) is 0 Å². The Bertz CT molecular complexity index is 369. The molecule has 0 spiro atoms. The molecule has 0 aliphatic rings. The van der Waals surface area contributed by atoms with Crippen LogP contribution in [0.2, 0.25) is 0 Å². The van der Waals surface area contributed by atoms with Crippen molar-refractivity contribution < 1.29 is 19.0 Å². The molecule has 0 aromatic heterocycles. The molecule has 1 N–H and O–H groups in total. The van der Waals surface area contributed by atoms with E-state index in [0.717, 1.165) is 0 Å². The third kappa shape index (κ3) is 2.70. The molecule has 5 nitrogen and oxygen atoms in total. The Morgan fingerprint density at radius 3 is 1.94 bits per heavy atom. The molecule has 0 fully saturated rings. The molecule has 0 saturated carbocycles. The number of carbonyl (C=O) groups excluding carboxylic acids is 1. The summed E-state index contributed by atoms with van der Waals surface area (Å²) in [6, 6.07) is 3.17. The van der Waals surface area contributed by atoms with Crippen molar-refractivity contribution in [1.29, 1.82) is 0 Å². The molecule has 1 aromatic rings. The number of hydrogen-bond donors (Lipinski definition) is 1. The van der Waals surface area contributed by atoms with Gasteiger partial charge in [0, 0.05) is 17.8 Å². The first-order chi connectivity index (χ1) is 7.62. The minimum atomic E-state index is -0.686. The van der Waals surface area contributed by atoms with Crippen LogP contribution in [-0.2, 0) is 0 Å². The van der Waals surface area contributed by atoms with Crippen LogP contribution in [0.15, 0.2) is 12.1 Å². The number of ether oxygens (including phenoxy) is 3. The van der Waals surface area contributed by atoms with E-state index in [0.29, 0.717) is 22.9 Å². The molecule has 0 radical (unpaired) electrons. The summed E-state index contributed by atoms with van der Waals surface area (Å²) in [4.78, 5) is 10.7. The summed E-state index contributed by atoms with van der Waals surface area (Å²) in [6.45, 7) is 0. The minimum absolute atomic E-state index is 0.447. The van der Waals surface area contributed by atoms with Gasteiger partial charge in [0.1, 0.15) is 0 Å². The molecular formula is C10H12ClNO4. The second-order valence-electron chi connectivity index (χ2n) is 2.81. The Morgan fingerprint density at radius 2 is 1.62 bits per heavy atom. The molecule has 0 saturated heterocycles. The fourth-order valence-electron chi connectivity index (χ4n) is 1.27. The van der Waals surface area contributed by atoms with Crippen molar-refractivity contribution in [2.24, 2.45) is 0 Å². The van der Waals surface area contributed by atoms with Gasteiger partial charge in [0.2, 0.25) is 5.75 Å². The van der Waals surface area contributed by atoms with E-state index < -0.39 is 5.37 Å². The van der Waals surface area contributed by atoms with Gasteiger partial charge in [-0.25, -0.2) is 0 Å². The van der Waals surface area contributed by atoms with E-state index in [1.54, 1.807) is 12.1 Å². The number of anilines is 1. The number of methoxy groups -OCH3 is 3. The average molecular weight is 246 g/mol. The monoisotopic (exact) mass is 245 g/mol.